The molecule has 3 aromatic rings. The van der Waals surface area contributed by atoms with Crippen LogP contribution in [0.5, 0.6) is 0 Å². The zero-order valence-corrected chi connectivity index (χ0v) is 15.5. The van der Waals surface area contributed by atoms with Crippen molar-refractivity contribution in [2.75, 3.05) is 5.32 Å². The van der Waals surface area contributed by atoms with Gasteiger partial charge in [0.2, 0.25) is 5.91 Å². The van der Waals surface area contributed by atoms with Crippen LogP contribution in [0.4, 0.5) is 5.82 Å². The number of nitrogens with zero attached hydrogens (tertiary/aromatic N) is 4. The van der Waals surface area contributed by atoms with E-state index in [-0.39, 0.29) is 17.7 Å². The molecule has 1 aliphatic carbocycles. The number of carbonyl (C=O) groups is 2. The van der Waals surface area contributed by atoms with Crippen LogP contribution in [0.25, 0.3) is 22.0 Å². The Kier molecular flexibility index (Phi) is 4.77. The molecule has 8 heteroatoms. The highest BCUT2D eigenvalue weighted by Gasteiger charge is 2.29. The predicted molar refractivity (Wildman–Crippen MR) is 103 cm³/mol. The van der Waals surface area contributed by atoms with Crippen LogP contribution in [0.3, 0.4) is 0 Å². The molecule has 1 saturated carbocycles. The Morgan fingerprint density at radius 2 is 1.75 bits per heavy atom. The first-order valence-electron chi connectivity index (χ1n) is 9.28. The smallest absolute Gasteiger partial charge is 0.306 e. The SMILES string of the molecule is Cn1cc(-c2cc3cc(NC(=O)C4CCC(C(=O)O)CC4)ncc3cn2)cn1. The van der Waals surface area contributed by atoms with Gasteiger partial charge in [0.15, 0.2) is 0 Å². The monoisotopic (exact) mass is 379 g/mol. The van der Waals surface area contributed by atoms with Gasteiger partial charge in [0, 0.05) is 42.5 Å². The molecule has 4 rings (SSSR count). The van der Waals surface area contributed by atoms with Crippen LogP contribution in [0.1, 0.15) is 25.7 Å². The number of carboxylic acid groups (broad SMARTS) is 1. The van der Waals surface area contributed by atoms with E-state index in [0.717, 1.165) is 22.0 Å². The van der Waals surface area contributed by atoms with Gasteiger partial charge in [0.05, 0.1) is 17.8 Å². The molecule has 1 amide bonds. The molecule has 0 atom stereocenters. The van der Waals surface area contributed by atoms with Crippen molar-refractivity contribution in [1.82, 2.24) is 19.7 Å². The molecule has 144 valence electrons. The fraction of sp³-hybridized carbons (Fsp3) is 0.350. The lowest BCUT2D eigenvalue weighted by molar-refractivity contribution is -0.143. The van der Waals surface area contributed by atoms with Gasteiger partial charge in [-0.3, -0.25) is 19.3 Å². The fourth-order valence-electron chi connectivity index (χ4n) is 3.65. The standard InChI is InChI=1S/C20H21N5O3/c1-25-11-16(10-23-25)17-6-14-7-18(22-9-15(14)8-21-17)24-19(26)12-2-4-13(5-3-12)20(27)28/h6-13H,2-5H2,1H3,(H,27,28)(H,22,24,26). The molecule has 2 N–H and O–H groups in total. The van der Waals surface area contributed by atoms with Crippen molar-refractivity contribution in [3.63, 3.8) is 0 Å². The van der Waals surface area contributed by atoms with E-state index in [9.17, 15) is 9.59 Å². The number of aryl methyl sites for hydroxylation is 1. The van der Waals surface area contributed by atoms with Gasteiger partial charge < -0.3 is 10.4 Å². The van der Waals surface area contributed by atoms with Crippen molar-refractivity contribution in [2.45, 2.75) is 25.7 Å². The number of hydrogen-bond donors (Lipinski definition) is 2. The summed E-state index contributed by atoms with van der Waals surface area (Å²) in [6.07, 6.45) is 9.35. The Bertz CT molecular complexity index is 1040. The number of anilines is 1. The number of fused-ring (bicyclic) bond motifs is 1. The highest BCUT2D eigenvalue weighted by molar-refractivity contribution is 5.94. The van der Waals surface area contributed by atoms with Crippen molar-refractivity contribution >= 4 is 28.5 Å². The second kappa shape index (κ2) is 7.38. The molecule has 1 aliphatic rings. The number of aromatic nitrogens is 4. The van der Waals surface area contributed by atoms with Gasteiger partial charge in [0.25, 0.3) is 0 Å². The van der Waals surface area contributed by atoms with Crippen LogP contribution in [0.15, 0.2) is 36.9 Å². The molecular formula is C20H21N5O3. The minimum atomic E-state index is -0.770. The van der Waals surface area contributed by atoms with Crippen molar-refractivity contribution in [1.29, 1.82) is 0 Å². The van der Waals surface area contributed by atoms with Crippen molar-refractivity contribution in [3.05, 3.63) is 36.9 Å². The Balaban J connectivity index is 1.49. The second-order valence-corrected chi connectivity index (χ2v) is 7.26. The van der Waals surface area contributed by atoms with Gasteiger partial charge in [-0.2, -0.15) is 5.10 Å². The van der Waals surface area contributed by atoms with E-state index in [2.05, 4.69) is 20.4 Å². The molecule has 0 saturated heterocycles. The molecule has 28 heavy (non-hydrogen) atoms. The van der Waals surface area contributed by atoms with Gasteiger partial charge in [-0.05, 0) is 43.2 Å². The predicted octanol–water partition coefficient (Wildman–Crippen LogP) is 2.86. The third-order valence-corrected chi connectivity index (χ3v) is 5.30. The molecule has 0 bridgehead atoms. The molecule has 3 heterocycles. The molecule has 0 unspecified atom stereocenters. The van der Waals surface area contributed by atoms with E-state index >= 15 is 0 Å². The number of carbonyl (C=O) groups excluding carboxylic acids is 1. The van der Waals surface area contributed by atoms with Gasteiger partial charge in [-0.1, -0.05) is 0 Å². The molecule has 0 aliphatic heterocycles. The largest absolute Gasteiger partial charge is 0.481 e. The van der Waals surface area contributed by atoms with E-state index in [1.165, 1.54) is 0 Å². The zero-order valence-electron chi connectivity index (χ0n) is 15.5. The second-order valence-electron chi connectivity index (χ2n) is 7.26. The average Bonchev–Trinajstić information content (AvgIpc) is 3.14. The van der Waals surface area contributed by atoms with Gasteiger partial charge in [-0.25, -0.2) is 4.98 Å². The Hall–Kier alpha value is -3.29. The van der Waals surface area contributed by atoms with Crippen LogP contribution in [-0.4, -0.2) is 36.7 Å². The van der Waals surface area contributed by atoms with Crippen molar-refractivity contribution < 1.29 is 14.7 Å². The number of amides is 1. The number of aliphatic carboxylic acids is 1. The topological polar surface area (TPSA) is 110 Å². The minimum absolute atomic E-state index is 0.0998. The summed E-state index contributed by atoms with van der Waals surface area (Å²) < 4.78 is 1.72. The van der Waals surface area contributed by atoms with Crippen LogP contribution in [0.2, 0.25) is 0 Å². The Morgan fingerprint density at radius 3 is 2.43 bits per heavy atom. The lowest BCUT2D eigenvalue weighted by Crippen LogP contribution is -2.29. The summed E-state index contributed by atoms with van der Waals surface area (Å²) in [5, 5.41) is 17.9. The molecule has 1 fully saturated rings. The zero-order chi connectivity index (χ0) is 19.7. The summed E-state index contributed by atoms with van der Waals surface area (Å²) in [5.41, 5.74) is 1.72. The lowest BCUT2D eigenvalue weighted by atomic mass is 9.81. The van der Waals surface area contributed by atoms with Gasteiger partial charge >= 0.3 is 5.97 Å². The highest BCUT2D eigenvalue weighted by Crippen LogP contribution is 2.30. The molecule has 3 aromatic heterocycles. The first-order valence-corrected chi connectivity index (χ1v) is 9.28. The maximum Gasteiger partial charge on any atom is 0.306 e. The minimum Gasteiger partial charge on any atom is -0.481 e. The average molecular weight is 379 g/mol. The molecule has 0 radical (unpaired) electrons. The molecule has 0 aromatic carbocycles. The van der Waals surface area contributed by atoms with Gasteiger partial charge in [-0.15, -0.1) is 0 Å². The number of hydrogen-bond acceptors (Lipinski definition) is 5. The number of pyridine rings is 2. The summed E-state index contributed by atoms with van der Waals surface area (Å²) in [5.74, 6) is -0.885. The first kappa shape index (κ1) is 18.1. The third kappa shape index (κ3) is 3.71. The number of nitrogens with one attached hydrogen (secondary N) is 1. The normalized spacial score (nSPS) is 19.5. The number of carboxylic acids is 1. The highest BCUT2D eigenvalue weighted by atomic mass is 16.4. The first-order chi connectivity index (χ1) is 13.5. The van der Waals surface area contributed by atoms with Crippen LogP contribution in [0, 0.1) is 11.8 Å². The molecule has 0 spiro atoms. The van der Waals surface area contributed by atoms with Crippen molar-refractivity contribution in [2.24, 2.45) is 18.9 Å². The summed E-state index contributed by atoms with van der Waals surface area (Å²) in [4.78, 5) is 32.4. The third-order valence-electron chi connectivity index (χ3n) is 5.30. The van der Waals surface area contributed by atoms with E-state index in [4.69, 9.17) is 5.11 Å². The van der Waals surface area contributed by atoms with Gasteiger partial charge in [0.1, 0.15) is 5.82 Å². The maximum atomic E-state index is 12.5. The van der Waals surface area contributed by atoms with E-state index in [1.54, 1.807) is 23.3 Å². The Labute approximate surface area is 161 Å². The molecule has 8 nitrogen and oxygen atoms in total. The Morgan fingerprint density at radius 1 is 1.04 bits per heavy atom. The van der Waals surface area contributed by atoms with Crippen LogP contribution >= 0.6 is 0 Å². The quantitative estimate of drug-likeness (QED) is 0.721. The summed E-state index contributed by atoms with van der Waals surface area (Å²) in [7, 11) is 1.85. The summed E-state index contributed by atoms with van der Waals surface area (Å²) >= 11 is 0. The number of rotatable bonds is 4. The van der Waals surface area contributed by atoms with E-state index in [0.29, 0.717) is 31.5 Å². The summed E-state index contributed by atoms with van der Waals surface area (Å²) in [6, 6.07) is 3.78. The van der Waals surface area contributed by atoms with E-state index < -0.39 is 5.97 Å². The van der Waals surface area contributed by atoms with Crippen molar-refractivity contribution in [3.8, 4) is 11.3 Å². The molecular weight excluding hydrogens is 358 g/mol. The lowest BCUT2D eigenvalue weighted by Gasteiger charge is -2.25. The summed E-state index contributed by atoms with van der Waals surface area (Å²) in [6.45, 7) is 0. The van der Waals surface area contributed by atoms with E-state index in [1.807, 2.05) is 25.4 Å². The van der Waals surface area contributed by atoms with Crippen LogP contribution in [-0.2, 0) is 16.6 Å². The fourth-order valence-corrected chi connectivity index (χ4v) is 3.65. The maximum absolute atomic E-state index is 12.5. The van der Waals surface area contributed by atoms with Crippen LogP contribution < -0.4 is 5.32 Å².